The van der Waals surface area contributed by atoms with E-state index in [4.69, 9.17) is 0 Å². The lowest BCUT2D eigenvalue weighted by Crippen LogP contribution is -1.92. The van der Waals surface area contributed by atoms with Crippen molar-refractivity contribution in [3.63, 3.8) is 0 Å². The first-order valence-electron chi connectivity index (χ1n) is 3.03. The van der Waals surface area contributed by atoms with Crippen molar-refractivity contribution in [3.05, 3.63) is 0 Å². The van der Waals surface area contributed by atoms with Crippen LogP contribution in [0.5, 0.6) is 0 Å². The second-order valence-corrected chi connectivity index (χ2v) is 2.31. The summed E-state index contributed by atoms with van der Waals surface area (Å²) >= 11 is 1.79. The molecule has 0 fully saturated rings. The van der Waals surface area contributed by atoms with Crippen LogP contribution in [0.1, 0.15) is 20.8 Å². The Morgan fingerprint density at radius 1 is 1.62 bits per heavy atom. The van der Waals surface area contributed by atoms with Crippen LogP contribution in [0.25, 0.3) is 0 Å². The highest BCUT2D eigenvalue weighted by Gasteiger charge is 2.00. The van der Waals surface area contributed by atoms with Crippen LogP contribution in [-0.2, 0) is 0 Å². The summed E-state index contributed by atoms with van der Waals surface area (Å²) in [7, 11) is 0. The van der Waals surface area contributed by atoms with Crippen molar-refractivity contribution >= 4 is 17.3 Å². The lowest BCUT2D eigenvalue weighted by molar-refractivity contribution is 0.868. The van der Waals surface area contributed by atoms with E-state index >= 15 is 0 Å². The second kappa shape index (κ2) is 5.16. The fourth-order valence-corrected chi connectivity index (χ4v) is 1.12. The number of aliphatic imine (C=N–C) groups is 1. The average molecular weight is 131 g/mol. The Bertz CT molecular complexity index is 70.9. The van der Waals surface area contributed by atoms with Crippen molar-refractivity contribution in [2.24, 2.45) is 4.99 Å². The molecule has 1 unspecified atom stereocenters. The predicted octanol–water partition coefficient (Wildman–Crippen LogP) is 2.18. The second-order valence-electron chi connectivity index (χ2n) is 1.44. The molecular weight excluding hydrogens is 118 g/mol. The van der Waals surface area contributed by atoms with E-state index in [-0.39, 0.29) is 0 Å². The molecule has 1 heterocycles. The van der Waals surface area contributed by atoms with Crippen LogP contribution >= 0.6 is 11.8 Å². The van der Waals surface area contributed by atoms with E-state index in [1.807, 2.05) is 19.4 Å². The largest absolute Gasteiger partial charge is 0.282 e. The van der Waals surface area contributed by atoms with Crippen LogP contribution in [0.4, 0.5) is 0 Å². The van der Waals surface area contributed by atoms with Crippen LogP contribution < -0.4 is 0 Å². The molecule has 8 heavy (non-hydrogen) atoms. The highest BCUT2D eigenvalue weighted by molar-refractivity contribution is 8.12. The molecule has 1 aliphatic heterocycles. The highest BCUT2D eigenvalue weighted by Crippen LogP contribution is 2.08. The SMILES string of the molecule is CC.CC1CSC=N1. The van der Waals surface area contributed by atoms with Gasteiger partial charge in [-0.3, -0.25) is 4.99 Å². The van der Waals surface area contributed by atoms with Gasteiger partial charge < -0.3 is 0 Å². The fourth-order valence-electron chi connectivity index (χ4n) is 0.372. The van der Waals surface area contributed by atoms with Crippen LogP contribution in [0, 0.1) is 0 Å². The maximum Gasteiger partial charge on any atom is 0.0571 e. The van der Waals surface area contributed by atoms with Crippen LogP contribution in [0.3, 0.4) is 0 Å². The zero-order valence-electron chi connectivity index (χ0n) is 5.72. The third kappa shape index (κ3) is 3.08. The summed E-state index contributed by atoms with van der Waals surface area (Å²) < 4.78 is 0. The van der Waals surface area contributed by atoms with E-state index in [1.54, 1.807) is 11.8 Å². The predicted molar refractivity (Wildman–Crippen MR) is 41.8 cm³/mol. The number of hydrogen-bond acceptors (Lipinski definition) is 2. The molecule has 0 saturated carbocycles. The molecule has 0 amide bonds. The molecule has 0 spiro atoms. The zero-order chi connectivity index (χ0) is 6.41. The molecule has 48 valence electrons. The quantitative estimate of drug-likeness (QED) is 0.491. The first-order valence-corrected chi connectivity index (χ1v) is 4.08. The molecular formula is C6H13NS. The van der Waals surface area contributed by atoms with Gasteiger partial charge in [-0.1, -0.05) is 13.8 Å². The monoisotopic (exact) mass is 131 g/mol. The van der Waals surface area contributed by atoms with E-state index in [0.29, 0.717) is 6.04 Å². The van der Waals surface area contributed by atoms with E-state index in [0.717, 1.165) is 0 Å². The topological polar surface area (TPSA) is 12.4 Å². The maximum atomic E-state index is 4.07. The molecule has 0 aliphatic carbocycles. The Morgan fingerprint density at radius 3 is 2.38 bits per heavy atom. The minimum Gasteiger partial charge on any atom is -0.282 e. The smallest absolute Gasteiger partial charge is 0.0571 e. The zero-order valence-corrected chi connectivity index (χ0v) is 6.53. The highest BCUT2D eigenvalue weighted by atomic mass is 32.2. The first-order chi connectivity index (χ1) is 3.89. The summed E-state index contributed by atoms with van der Waals surface area (Å²) in [6.07, 6.45) is 0. The Morgan fingerprint density at radius 2 is 2.25 bits per heavy atom. The van der Waals surface area contributed by atoms with Crippen molar-refractivity contribution in [1.82, 2.24) is 0 Å². The molecule has 1 rings (SSSR count). The van der Waals surface area contributed by atoms with Crippen molar-refractivity contribution in [2.45, 2.75) is 26.8 Å². The molecule has 0 aromatic rings. The van der Waals surface area contributed by atoms with Crippen molar-refractivity contribution < 1.29 is 0 Å². The van der Waals surface area contributed by atoms with Gasteiger partial charge in [0.2, 0.25) is 0 Å². The Hall–Kier alpha value is 0.0200. The maximum absolute atomic E-state index is 4.07. The van der Waals surface area contributed by atoms with Gasteiger partial charge in [-0.15, -0.1) is 11.8 Å². The van der Waals surface area contributed by atoms with E-state index in [9.17, 15) is 0 Å². The molecule has 2 heteroatoms. The lowest BCUT2D eigenvalue weighted by atomic mass is 10.4. The van der Waals surface area contributed by atoms with Gasteiger partial charge in [-0.25, -0.2) is 0 Å². The van der Waals surface area contributed by atoms with Gasteiger partial charge in [0, 0.05) is 5.75 Å². The normalized spacial score (nSPS) is 24.6. The van der Waals surface area contributed by atoms with E-state index < -0.39 is 0 Å². The molecule has 0 bridgehead atoms. The molecule has 1 aliphatic rings. The van der Waals surface area contributed by atoms with Gasteiger partial charge in [0.1, 0.15) is 0 Å². The first kappa shape index (κ1) is 8.02. The number of nitrogens with zero attached hydrogens (tertiary/aromatic N) is 1. The molecule has 0 N–H and O–H groups in total. The molecule has 0 aromatic heterocycles. The van der Waals surface area contributed by atoms with Crippen LogP contribution in [-0.4, -0.2) is 17.3 Å². The summed E-state index contributed by atoms with van der Waals surface area (Å²) in [6.45, 7) is 6.12. The molecule has 0 saturated heterocycles. The minimum absolute atomic E-state index is 0.579. The van der Waals surface area contributed by atoms with Gasteiger partial charge in [0.25, 0.3) is 0 Å². The average Bonchev–Trinajstić information content (AvgIpc) is 2.24. The van der Waals surface area contributed by atoms with Gasteiger partial charge in [0.15, 0.2) is 0 Å². The summed E-state index contributed by atoms with van der Waals surface area (Å²) in [4.78, 5) is 4.07. The standard InChI is InChI=1S/C4H7NS.C2H6/c1-4-2-6-3-5-4;1-2/h3-4H,2H2,1H3;1-2H3. The van der Waals surface area contributed by atoms with Gasteiger partial charge in [-0.2, -0.15) is 0 Å². The Balaban J connectivity index is 0.000000222. The summed E-state index contributed by atoms with van der Waals surface area (Å²) in [5.74, 6) is 1.18. The summed E-state index contributed by atoms with van der Waals surface area (Å²) in [5.41, 5.74) is 1.92. The Kier molecular flexibility index (Phi) is 5.18. The van der Waals surface area contributed by atoms with Gasteiger partial charge in [0.05, 0.1) is 11.6 Å². The van der Waals surface area contributed by atoms with E-state index in [1.165, 1.54) is 5.75 Å². The van der Waals surface area contributed by atoms with Crippen LogP contribution in [0.15, 0.2) is 4.99 Å². The third-order valence-electron chi connectivity index (χ3n) is 0.727. The third-order valence-corrected chi connectivity index (χ3v) is 1.67. The van der Waals surface area contributed by atoms with E-state index in [2.05, 4.69) is 11.9 Å². The van der Waals surface area contributed by atoms with Crippen molar-refractivity contribution in [1.29, 1.82) is 0 Å². The Labute approximate surface area is 55.6 Å². The van der Waals surface area contributed by atoms with Crippen molar-refractivity contribution in [3.8, 4) is 0 Å². The summed E-state index contributed by atoms with van der Waals surface area (Å²) in [6, 6.07) is 0.579. The molecule has 1 atom stereocenters. The molecule has 0 radical (unpaired) electrons. The van der Waals surface area contributed by atoms with Crippen molar-refractivity contribution in [2.75, 3.05) is 5.75 Å². The minimum atomic E-state index is 0.579. The number of thioether (sulfide) groups is 1. The lowest BCUT2D eigenvalue weighted by Gasteiger charge is -1.87. The molecule has 0 aromatic carbocycles. The number of hydrogen-bond donors (Lipinski definition) is 0. The number of rotatable bonds is 0. The van der Waals surface area contributed by atoms with Gasteiger partial charge in [-0.05, 0) is 6.92 Å². The van der Waals surface area contributed by atoms with Gasteiger partial charge >= 0.3 is 0 Å². The molecule has 1 nitrogen and oxygen atoms in total. The fraction of sp³-hybridized carbons (Fsp3) is 0.833. The van der Waals surface area contributed by atoms with Crippen LogP contribution in [0.2, 0.25) is 0 Å². The summed E-state index contributed by atoms with van der Waals surface area (Å²) in [5, 5.41) is 0.